The first kappa shape index (κ1) is 13.9. The standard InChI is InChI=1S/C13H15N5O2S/c19-12(15-8-9-4-3-7-20-9)16-13-18-17-11(21-13)10-5-1-2-6-14-10/h1-2,5-6,9H,3-4,7-8H2,(H2,15,16,18,19)/t9-/m1/s1. The van der Waals surface area contributed by atoms with E-state index >= 15 is 0 Å². The number of nitrogens with one attached hydrogen (secondary N) is 2. The summed E-state index contributed by atoms with van der Waals surface area (Å²) in [5.41, 5.74) is 0.739. The molecular weight excluding hydrogens is 290 g/mol. The lowest BCUT2D eigenvalue weighted by molar-refractivity contribution is 0.112. The first-order chi connectivity index (χ1) is 10.3. The zero-order valence-corrected chi connectivity index (χ0v) is 12.1. The maximum absolute atomic E-state index is 11.8. The molecule has 1 aliphatic rings. The van der Waals surface area contributed by atoms with Gasteiger partial charge >= 0.3 is 6.03 Å². The number of amides is 2. The van der Waals surface area contributed by atoms with Crippen LogP contribution in [0.25, 0.3) is 10.7 Å². The number of rotatable bonds is 4. The van der Waals surface area contributed by atoms with Crippen molar-refractivity contribution in [3.05, 3.63) is 24.4 Å². The molecule has 0 spiro atoms. The molecule has 0 aromatic carbocycles. The highest BCUT2D eigenvalue weighted by Gasteiger charge is 2.16. The molecule has 0 aliphatic carbocycles. The Bertz CT molecular complexity index is 598. The number of pyridine rings is 1. The molecule has 1 saturated heterocycles. The van der Waals surface area contributed by atoms with Crippen LogP contribution in [0.2, 0.25) is 0 Å². The fraction of sp³-hybridized carbons (Fsp3) is 0.385. The van der Waals surface area contributed by atoms with E-state index in [0.29, 0.717) is 16.7 Å². The first-order valence-electron chi connectivity index (χ1n) is 6.72. The van der Waals surface area contributed by atoms with Gasteiger partial charge in [-0.3, -0.25) is 10.3 Å². The Morgan fingerprint density at radius 3 is 3.14 bits per heavy atom. The van der Waals surface area contributed by atoms with Crippen LogP contribution in [0.5, 0.6) is 0 Å². The molecule has 21 heavy (non-hydrogen) atoms. The Kier molecular flexibility index (Phi) is 4.37. The predicted octanol–water partition coefficient (Wildman–Crippen LogP) is 1.90. The van der Waals surface area contributed by atoms with Gasteiger partial charge in [0.15, 0.2) is 5.01 Å². The van der Waals surface area contributed by atoms with E-state index in [-0.39, 0.29) is 12.1 Å². The molecule has 0 unspecified atom stereocenters. The van der Waals surface area contributed by atoms with Crippen molar-refractivity contribution in [1.82, 2.24) is 20.5 Å². The second kappa shape index (κ2) is 6.59. The zero-order chi connectivity index (χ0) is 14.5. The monoisotopic (exact) mass is 305 g/mol. The highest BCUT2D eigenvalue weighted by Crippen LogP contribution is 2.24. The summed E-state index contributed by atoms with van der Waals surface area (Å²) in [5.74, 6) is 0. The largest absolute Gasteiger partial charge is 0.376 e. The van der Waals surface area contributed by atoms with Crippen molar-refractivity contribution in [2.24, 2.45) is 0 Å². The van der Waals surface area contributed by atoms with Gasteiger partial charge < -0.3 is 10.1 Å². The number of carbonyl (C=O) groups is 1. The fourth-order valence-electron chi connectivity index (χ4n) is 2.02. The molecule has 0 radical (unpaired) electrons. The zero-order valence-electron chi connectivity index (χ0n) is 11.3. The summed E-state index contributed by atoms with van der Waals surface area (Å²) < 4.78 is 5.44. The Balaban J connectivity index is 1.53. The molecule has 2 amide bonds. The van der Waals surface area contributed by atoms with E-state index < -0.39 is 0 Å². The van der Waals surface area contributed by atoms with Gasteiger partial charge in [0.2, 0.25) is 5.13 Å². The second-order valence-electron chi connectivity index (χ2n) is 4.60. The Labute approximate surface area is 125 Å². The quantitative estimate of drug-likeness (QED) is 0.900. The van der Waals surface area contributed by atoms with Gasteiger partial charge in [0.1, 0.15) is 5.69 Å². The molecule has 3 heterocycles. The number of ether oxygens (including phenoxy) is 1. The Hall–Kier alpha value is -2.06. The summed E-state index contributed by atoms with van der Waals surface area (Å²) in [6.07, 6.45) is 3.85. The maximum Gasteiger partial charge on any atom is 0.321 e. The number of aromatic nitrogens is 3. The number of urea groups is 1. The van der Waals surface area contributed by atoms with Crippen LogP contribution < -0.4 is 10.6 Å². The van der Waals surface area contributed by atoms with Gasteiger partial charge in [-0.15, -0.1) is 10.2 Å². The summed E-state index contributed by atoms with van der Waals surface area (Å²) >= 11 is 1.28. The lowest BCUT2D eigenvalue weighted by Crippen LogP contribution is -2.34. The highest BCUT2D eigenvalue weighted by molar-refractivity contribution is 7.18. The molecule has 110 valence electrons. The van der Waals surface area contributed by atoms with Crippen molar-refractivity contribution in [2.75, 3.05) is 18.5 Å². The summed E-state index contributed by atoms with van der Waals surface area (Å²) in [6, 6.07) is 5.27. The third-order valence-electron chi connectivity index (χ3n) is 3.04. The lowest BCUT2D eigenvalue weighted by Gasteiger charge is -2.10. The summed E-state index contributed by atoms with van der Waals surface area (Å²) in [5, 5.41) is 14.5. The summed E-state index contributed by atoms with van der Waals surface area (Å²) in [4.78, 5) is 16.0. The minimum atomic E-state index is -0.297. The molecule has 7 nitrogen and oxygen atoms in total. The van der Waals surface area contributed by atoms with Crippen molar-refractivity contribution >= 4 is 22.5 Å². The number of nitrogens with zero attached hydrogens (tertiary/aromatic N) is 3. The van der Waals surface area contributed by atoms with Crippen molar-refractivity contribution in [1.29, 1.82) is 0 Å². The van der Waals surface area contributed by atoms with Crippen LogP contribution in [0.15, 0.2) is 24.4 Å². The van der Waals surface area contributed by atoms with Gasteiger partial charge in [0.25, 0.3) is 0 Å². The van der Waals surface area contributed by atoms with Gasteiger partial charge in [-0.05, 0) is 25.0 Å². The molecule has 2 aromatic rings. The molecule has 1 atom stereocenters. The average molecular weight is 305 g/mol. The van der Waals surface area contributed by atoms with Gasteiger partial charge in [-0.25, -0.2) is 4.79 Å². The van der Waals surface area contributed by atoms with Crippen LogP contribution in [0, 0.1) is 0 Å². The van der Waals surface area contributed by atoms with Crippen molar-refractivity contribution in [3.63, 3.8) is 0 Å². The van der Waals surface area contributed by atoms with E-state index in [9.17, 15) is 4.79 Å². The number of hydrogen-bond donors (Lipinski definition) is 2. The molecule has 8 heteroatoms. The van der Waals surface area contributed by atoms with Crippen LogP contribution in [0.3, 0.4) is 0 Å². The van der Waals surface area contributed by atoms with Crippen LogP contribution in [0.1, 0.15) is 12.8 Å². The van der Waals surface area contributed by atoms with Crippen molar-refractivity contribution in [3.8, 4) is 10.7 Å². The minimum absolute atomic E-state index is 0.120. The first-order valence-corrected chi connectivity index (χ1v) is 7.54. The smallest absolute Gasteiger partial charge is 0.321 e. The summed E-state index contributed by atoms with van der Waals surface area (Å²) in [7, 11) is 0. The lowest BCUT2D eigenvalue weighted by atomic mass is 10.2. The molecule has 0 saturated carbocycles. The predicted molar refractivity (Wildman–Crippen MR) is 79.1 cm³/mol. The molecular formula is C13H15N5O2S. The van der Waals surface area contributed by atoms with Crippen LogP contribution in [-0.2, 0) is 4.74 Å². The Morgan fingerprint density at radius 2 is 2.38 bits per heavy atom. The third kappa shape index (κ3) is 3.73. The summed E-state index contributed by atoms with van der Waals surface area (Å²) in [6.45, 7) is 1.29. The third-order valence-corrected chi connectivity index (χ3v) is 3.90. The SMILES string of the molecule is O=C(NC[C@H]1CCCO1)Nc1nnc(-c2ccccn2)s1. The minimum Gasteiger partial charge on any atom is -0.376 e. The number of hydrogen-bond acceptors (Lipinski definition) is 6. The average Bonchev–Trinajstić information content (AvgIpc) is 3.17. The molecule has 0 bridgehead atoms. The van der Waals surface area contributed by atoms with E-state index in [1.807, 2.05) is 18.2 Å². The van der Waals surface area contributed by atoms with Gasteiger partial charge in [0.05, 0.1) is 6.10 Å². The maximum atomic E-state index is 11.8. The van der Waals surface area contributed by atoms with Gasteiger partial charge in [-0.1, -0.05) is 17.4 Å². The molecule has 2 aromatic heterocycles. The van der Waals surface area contributed by atoms with Crippen molar-refractivity contribution < 1.29 is 9.53 Å². The topological polar surface area (TPSA) is 89.0 Å². The van der Waals surface area contributed by atoms with Crippen LogP contribution >= 0.6 is 11.3 Å². The molecule has 1 aliphatic heterocycles. The molecule has 3 rings (SSSR count). The normalized spacial score (nSPS) is 17.6. The highest BCUT2D eigenvalue weighted by atomic mass is 32.1. The van der Waals surface area contributed by atoms with Crippen LogP contribution in [0.4, 0.5) is 9.93 Å². The Morgan fingerprint density at radius 1 is 1.43 bits per heavy atom. The van der Waals surface area contributed by atoms with Crippen molar-refractivity contribution in [2.45, 2.75) is 18.9 Å². The molecule has 1 fully saturated rings. The van der Waals surface area contributed by atoms with E-state index in [2.05, 4.69) is 25.8 Å². The van der Waals surface area contributed by atoms with E-state index in [1.54, 1.807) is 6.20 Å². The van der Waals surface area contributed by atoms with E-state index in [4.69, 9.17) is 4.74 Å². The number of anilines is 1. The fourth-order valence-corrected chi connectivity index (χ4v) is 2.74. The molecule has 2 N–H and O–H groups in total. The van der Waals surface area contributed by atoms with E-state index in [0.717, 1.165) is 25.1 Å². The van der Waals surface area contributed by atoms with E-state index in [1.165, 1.54) is 11.3 Å². The second-order valence-corrected chi connectivity index (χ2v) is 5.57. The van der Waals surface area contributed by atoms with Crippen LogP contribution in [-0.4, -0.2) is 40.5 Å². The van der Waals surface area contributed by atoms with Gasteiger partial charge in [0, 0.05) is 19.3 Å². The number of carbonyl (C=O) groups excluding carboxylic acids is 1. The van der Waals surface area contributed by atoms with Gasteiger partial charge in [-0.2, -0.15) is 0 Å².